The zero-order valence-corrected chi connectivity index (χ0v) is 20.4. The van der Waals surface area contributed by atoms with Crippen LogP contribution < -0.4 is 28.5 Å². The minimum Gasteiger partial charge on any atom is -0.383 e. The summed E-state index contributed by atoms with van der Waals surface area (Å²) in [5.74, 6) is 9.06. The van der Waals surface area contributed by atoms with Crippen LogP contribution in [0.2, 0.25) is 0 Å². The van der Waals surface area contributed by atoms with Gasteiger partial charge in [-0.2, -0.15) is 5.10 Å². The molecule has 0 aliphatic rings. The van der Waals surface area contributed by atoms with E-state index in [9.17, 15) is 13.6 Å². The second kappa shape index (κ2) is 18.0. The maximum atomic E-state index is 13.6. The number of nitrogen functional groups attached to an aromatic ring is 1. The number of pyridine rings is 1. The second-order valence-corrected chi connectivity index (χ2v) is 6.15. The molecule has 0 aliphatic carbocycles. The zero-order chi connectivity index (χ0) is 27.6. The highest BCUT2D eigenvalue weighted by Crippen LogP contribution is 2.24. The molecular formula is C24H34F2N8O. The van der Waals surface area contributed by atoms with Gasteiger partial charge in [0.05, 0.1) is 12.1 Å². The largest absolute Gasteiger partial charge is 0.383 e. The number of hydrazone groups is 1. The van der Waals surface area contributed by atoms with E-state index in [4.69, 9.17) is 23.2 Å². The number of amides is 2. The number of allylic oxidation sites excluding steroid dienone is 2. The van der Waals surface area contributed by atoms with Gasteiger partial charge in [-0.15, -0.1) is 19.4 Å². The van der Waals surface area contributed by atoms with Gasteiger partial charge in [-0.25, -0.2) is 24.4 Å². The summed E-state index contributed by atoms with van der Waals surface area (Å²) in [5.41, 5.74) is 13.1. The molecule has 9 N–H and O–H groups in total. The van der Waals surface area contributed by atoms with Crippen LogP contribution in [0.1, 0.15) is 33.3 Å². The van der Waals surface area contributed by atoms with Crippen molar-refractivity contribution in [2.24, 2.45) is 22.5 Å². The average Bonchev–Trinajstić information content (AvgIpc) is 2.84. The van der Waals surface area contributed by atoms with Crippen molar-refractivity contribution in [1.82, 2.24) is 9.99 Å². The Kier molecular flexibility index (Phi) is 16.9. The number of nitrogens with two attached hydrogens (primary N) is 4. The molecule has 190 valence electrons. The molecule has 35 heavy (non-hydrogen) atoms. The van der Waals surface area contributed by atoms with Crippen molar-refractivity contribution < 1.29 is 13.6 Å². The van der Waals surface area contributed by atoms with Crippen LogP contribution in [0.4, 0.5) is 25.1 Å². The van der Waals surface area contributed by atoms with Crippen LogP contribution in [0.5, 0.6) is 0 Å². The molecule has 2 aromatic rings. The number of primary amides is 1. The lowest BCUT2D eigenvalue weighted by atomic mass is 10.0. The van der Waals surface area contributed by atoms with Crippen LogP contribution in [0.3, 0.4) is 0 Å². The molecular weight excluding hydrogens is 454 g/mol. The van der Waals surface area contributed by atoms with Gasteiger partial charge in [-0.05, 0) is 37.6 Å². The number of nitrogens with one attached hydrogen (secondary N) is 1. The number of anilines is 2. The summed E-state index contributed by atoms with van der Waals surface area (Å²) in [7, 11) is 0. The highest BCUT2D eigenvalue weighted by atomic mass is 19.2. The lowest BCUT2D eigenvalue weighted by molar-refractivity contribution is 0.259. The molecule has 1 heterocycles. The molecule has 0 radical (unpaired) electrons. The number of urea groups is 1. The van der Waals surface area contributed by atoms with E-state index in [-0.39, 0.29) is 17.2 Å². The number of halogens is 2. The zero-order valence-electron chi connectivity index (χ0n) is 20.4. The van der Waals surface area contributed by atoms with Crippen LogP contribution in [0.25, 0.3) is 11.1 Å². The average molecular weight is 489 g/mol. The van der Waals surface area contributed by atoms with Gasteiger partial charge in [-0.1, -0.05) is 32.1 Å². The standard InChI is InChI=1S/C17H20F2N8O.C3H6.C2H6.C2H2/c1-9(18)14(19)8-27(23)16(26-22)13-6-11(7-24-15(13)20)10-2-4-12(5-3-10)25-17(21)28;1-3-2;2*1-2/h2-7H,8,22-23H2,1H3,(H2,20,24)(H3,21,25,28);3H,1H2,2H3;1-2H3;1-2H/b14-9-,26-16-;;;. The maximum absolute atomic E-state index is 13.6. The monoisotopic (exact) mass is 488 g/mol. The fourth-order valence-electron chi connectivity index (χ4n) is 2.33. The molecule has 0 spiro atoms. The Morgan fingerprint density at radius 1 is 1.23 bits per heavy atom. The van der Waals surface area contributed by atoms with Crippen molar-refractivity contribution in [2.75, 3.05) is 17.6 Å². The summed E-state index contributed by atoms with van der Waals surface area (Å²) in [5, 5.41) is 6.81. The maximum Gasteiger partial charge on any atom is 0.316 e. The molecule has 0 saturated heterocycles. The molecule has 9 nitrogen and oxygen atoms in total. The number of terminal acetylenes is 1. The third-order valence-corrected chi connectivity index (χ3v) is 3.72. The number of hydrazine groups is 1. The fraction of sp³-hybridized carbons (Fsp3) is 0.208. The highest BCUT2D eigenvalue weighted by Gasteiger charge is 2.18. The Bertz CT molecular complexity index is 1010. The fourth-order valence-corrected chi connectivity index (χ4v) is 2.33. The van der Waals surface area contributed by atoms with Crippen molar-refractivity contribution in [3.63, 3.8) is 0 Å². The number of aromatic nitrogens is 1. The van der Waals surface area contributed by atoms with E-state index >= 15 is 0 Å². The van der Waals surface area contributed by atoms with Crippen molar-refractivity contribution in [2.45, 2.75) is 27.7 Å². The third kappa shape index (κ3) is 11.3. The van der Waals surface area contributed by atoms with Gasteiger partial charge < -0.3 is 22.6 Å². The van der Waals surface area contributed by atoms with E-state index < -0.39 is 24.2 Å². The molecule has 11 heteroatoms. The van der Waals surface area contributed by atoms with Gasteiger partial charge in [0.25, 0.3) is 0 Å². The first-order chi connectivity index (χ1) is 16.6. The molecule has 0 saturated carbocycles. The number of amidine groups is 1. The first-order valence-electron chi connectivity index (χ1n) is 10.3. The first-order valence-corrected chi connectivity index (χ1v) is 10.3. The lowest BCUT2D eigenvalue weighted by Gasteiger charge is -2.20. The van der Waals surface area contributed by atoms with Gasteiger partial charge in [0, 0.05) is 17.4 Å². The molecule has 1 aromatic heterocycles. The normalized spacial score (nSPS) is 10.5. The van der Waals surface area contributed by atoms with Gasteiger partial charge in [0.2, 0.25) is 0 Å². The highest BCUT2D eigenvalue weighted by molar-refractivity contribution is 6.03. The minimum absolute atomic E-state index is 0.0526. The number of hydrogen-bond acceptors (Lipinski definition) is 6. The smallest absolute Gasteiger partial charge is 0.316 e. The Morgan fingerprint density at radius 2 is 1.74 bits per heavy atom. The SMILES string of the molecule is C#C.C/C(F)=C(/F)CN(N)/C(=N\N)c1cc(-c2ccc(NC(N)=O)cc2)cnc1N.C=CC.CC. The van der Waals surface area contributed by atoms with Gasteiger partial charge in [0.15, 0.2) is 11.7 Å². The Hall–Kier alpha value is -4.43. The predicted octanol–water partition coefficient (Wildman–Crippen LogP) is 4.26. The number of carbonyl (C=O) groups excluding carboxylic acids is 1. The van der Waals surface area contributed by atoms with Crippen molar-refractivity contribution in [3.05, 3.63) is 66.4 Å². The van der Waals surface area contributed by atoms with Gasteiger partial charge in [-0.3, -0.25) is 5.01 Å². The summed E-state index contributed by atoms with van der Waals surface area (Å²) in [6.45, 7) is 9.63. The number of carbonyl (C=O) groups is 1. The minimum atomic E-state index is -1.07. The Morgan fingerprint density at radius 3 is 2.17 bits per heavy atom. The summed E-state index contributed by atoms with van der Waals surface area (Å²) < 4.78 is 26.5. The van der Waals surface area contributed by atoms with Crippen LogP contribution in [-0.4, -0.2) is 28.4 Å². The van der Waals surface area contributed by atoms with Crippen LogP contribution in [0, 0.1) is 12.8 Å². The Balaban J connectivity index is 0. The van der Waals surface area contributed by atoms with Crippen LogP contribution in [-0.2, 0) is 0 Å². The molecule has 0 bridgehead atoms. The number of rotatable bonds is 5. The predicted molar refractivity (Wildman–Crippen MR) is 141 cm³/mol. The molecule has 0 atom stereocenters. The second-order valence-electron chi connectivity index (χ2n) is 6.15. The molecule has 0 fully saturated rings. The Labute approximate surface area is 205 Å². The first kappa shape index (κ1) is 32.7. The molecule has 0 unspecified atom stereocenters. The topological polar surface area (TPSA) is 162 Å². The van der Waals surface area contributed by atoms with Crippen LogP contribution in [0.15, 0.2) is 65.9 Å². The number of hydrogen-bond donors (Lipinski definition) is 5. The molecule has 2 amide bonds. The van der Waals surface area contributed by atoms with E-state index in [2.05, 4.69) is 34.8 Å². The summed E-state index contributed by atoms with van der Waals surface area (Å²) in [4.78, 5) is 15.0. The van der Waals surface area contributed by atoms with E-state index in [1.54, 1.807) is 36.4 Å². The summed E-state index contributed by atoms with van der Waals surface area (Å²) in [6.07, 6.45) is 11.3. The van der Waals surface area contributed by atoms with Gasteiger partial charge in [0.1, 0.15) is 11.6 Å². The van der Waals surface area contributed by atoms with E-state index in [0.29, 0.717) is 11.3 Å². The summed E-state index contributed by atoms with van der Waals surface area (Å²) >= 11 is 0. The molecule has 1 aromatic carbocycles. The van der Waals surface area contributed by atoms with E-state index in [1.165, 1.54) is 6.20 Å². The quantitative estimate of drug-likeness (QED) is 0.105. The number of benzene rings is 1. The van der Waals surface area contributed by atoms with Crippen molar-refractivity contribution in [1.29, 1.82) is 0 Å². The lowest BCUT2D eigenvalue weighted by Crippen LogP contribution is -2.40. The van der Waals surface area contributed by atoms with Crippen LogP contribution >= 0.6 is 0 Å². The molecule has 2 rings (SSSR count). The number of nitrogens with zero attached hydrogens (tertiary/aromatic N) is 3. The molecule has 0 aliphatic heterocycles. The van der Waals surface area contributed by atoms with Gasteiger partial charge >= 0.3 is 6.03 Å². The summed E-state index contributed by atoms with van der Waals surface area (Å²) in [6, 6.07) is 7.66. The third-order valence-electron chi connectivity index (χ3n) is 3.72. The van der Waals surface area contributed by atoms with Crippen molar-refractivity contribution in [3.8, 4) is 24.0 Å². The van der Waals surface area contributed by atoms with Crippen molar-refractivity contribution >= 4 is 23.4 Å². The van der Waals surface area contributed by atoms with E-state index in [1.807, 2.05) is 20.8 Å². The van der Waals surface area contributed by atoms with E-state index in [0.717, 1.165) is 17.5 Å².